The van der Waals surface area contributed by atoms with Gasteiger partial charge in [0.25, 0.3) is 0 Å². The minimum atomic E-state index is -1.00. The van der Waals surface area contributed by atoms with Crippen LogP contribution in [0.15, 0.2) is 91.3 Å². The van der Waals surface area contributed by atoms with Gasteiger partial charge in [-0.1, -0.05) is 53.5 Å². The molecule has 0 amide bonds. The minimum Gasteiger partial charge on any atom is -0.496 e. The number of piperidine rings is 1. The Morgan fingerprint density at radius 3 is 2.12 bits per heavy atom. The molecule has 1 aromatic heterocycles. The molecular weight excluding hydrogens is 583 g/mol. The Morgan fingerprint density at radius 1 is 0.884 bits per heavy atom. The highest BCUT2D eigenvalue weighted by atomic mass is 35.5. The number of ether oxygens (including phenoxy) is 1. The van der Waals surface area contributed by atoms with Crippen LogP contribution < -0.4 is 15.0 Å². The van der Waals surface area contributed by atoms with Crippen LogP contribution in [0, 0.1) is 0 Å². The maximum absolute atomic E-state index is 11.5. The normalized spacial score (nSPS) is 13.8. The molecule has 0 unspecified atom stereocenters. The van der Waals surface area contributed by atoms with E-state index in [0.29, 0.717) is 15.8 Å². The summed E-state index contributed by atoms with van der Waals surface area (Å²) in [6.07, 6.45) is 3.39. The summed E-state index contributed by atoms with van der Waals surface area (Å²) in [6, 6.07) is 27.7. The Hall–Kier alpha value is -4.33. The van der Waals surface area contributed by atoms with Crippen LogP contribution in [-0.4, -0.2) is 47.3 Å². The van der Waals surface area contributed by atoms with Gasteiger partial charge in [0.15, 0.2) is 0 Å². The zero-order chi connectivity index (χ0) is 29.9. The number of hydrogen-bond donors (Lipinski definition) is 2. The van der Waals surface area contributed by atoms with Gasteiger partial charge >= 0.3 is 5.97 Å². The number of methoxy groups -OCH3 is 1. The van der Waals surface area contributed by atoms with E-state index >= 15 is 0 Å². The number of halogens is 2. The molecule has 5 aromatic rings. The average Bonchev–Trinajstić information content (AvgIpc) is 3.03. The number of carboxylic acids is 1. The zero-order valence-electron chi connectivity index (χ0n) is 23.5. The Morgan fingerprint density at radius 2 is 1.51 bits per heavy atom. The topological polar surface area (TPSA) is 87.6 Å². The van der Waals surface area contributed by atoms with Crippen LogP contribution in [0.5, 0.6) is 5.75 Å². The van der Waals surface area contributed by atoms with Gasteiger partial charge in [-0.2, -0.15) is 0 Å². The number of hydrogen-bond acceptors (Lipinski definition) is 6. The van der Waals surface area contributed by atoms with Gasteiger partial charge in [0.1, 0.15) is 23.5 Å². The smallest absolute Gasteiger partial charge is 0.339 e. The molecule has 9 heteroatoms. The number of fused-ring (bicyclic) bond motifs is 1. The van der Waals surface area contributed by atoms with E-state index < -0.39 is 5.97 Å². The van der Waals surface area contributed by atoms with Crippen molar-refractivity contribution in [2.24, 2.45) is 0 Å². The largest absolute Gasteiger partial charge is 0.496 e. The van der Waals surface area contributed by atoms with Crippen molar-refractivity contribution in [2.75, 3.05) is 30.4 Å². The van der Waals surface area contributed by atoms with Gasteiger partial charge in [0, 0.05) is 52.2 Å². The van der Waals surface area contributed by atoms with Crippen LogP contribution in [0.4, 0.5) is 11.5 Å². The molecule has 1 aliphatic rings. The summed E-state index contributed by atoms with van der Waals surface area (Å²) in [6.45, 7) is 1.63. The quantitative estimate of drug-likeness (QED) is 0.172. The highest BCUT2D eigenvalue weighted by Crippen LogP contribution is 2.36. The lowest BCUT2D eigenvalue weighted by atomic mass is 9.84. The number of nitrogens with one attached hydrogen (secondary N) is 1. The summed E-state index contributed by atoms with van der Waals surface area (Å²) in [7, 11) is 1.49. The third kappa shape index (κ3) is 6.24. The van der Waals surface area contributed by atoms with Gasteiger partial charge < -0.3 is 20.1 Å². The van der Waals surface area contributed by atoms with E-state index in [2.05, 4.69) is 56.6 Å². The summed E-state index contributed by atoms with van der Waals surface area (Å²) in [5.74, 6) is 0.145. The van der Waals surface area contributed by atoms with Crippen molar-refractivity contribution in [2.45, 2.75) is 24.8 Å². The van der Waals surface area contributed by atoms with Crippen molar-refractivity contribution < 1.29 is 14.6 Å². The predicted octanol–water partition coefficient (Wildman–Crippen LogP) is 7.90. The number of rotatable bonds is 8. The fraction of sp³-hybridized carbons (Fsp3) is 0.206. The van der Waals surface area contributed by atoms with Crippen LogP contribution in [0.25, 0.3) is 10.9 Å². The van der Waals surface area contributed by atoms with Gasteiger partial charge in [-0.15, -0.1) is 0 Å². The first-order valence-corrected chi connectivity index (χ1v) is 14.8. The number of carboxylic acid groups (broad SMARTS) is 1. The molecule has 218 valence electrons. The predicted molar refractivity (Wildman–Crippen MR) is 172 cm³/mol. The molecule has 2 N–H and O–H groups in total. The Labute approximate surface area is 260 Å². The van der Waals surface area contributed by atoms with Crippen LogP contribution in [0.3, 0.4) is 0 Å². The minimum absolute atomic E-state index is 0.0280. The Bertz CT molecular complexity index is 1710. The maximum atomic E-state index is 11.5. The molecule has 4 aromatic carbocycles. The van der Waals surface area contributed by atoms with Gasteiger partial charge in [-0.05, 0) is 78.1 Å². The molecule has 0 bridgehead atoms. The third-order valence-corrected chi connectivity index (χ3v) is 8.52. The lowest BCUT2D eigenvalue weighted by molar-refractivity contribution is 0.0693. The molecule has 0 spiro atoms. The molecule has 1 fully saturated rings. The summed E-state index contributed by atoms with van der Waals surface area (Å²) in [5, 5.41) is 15.4. The van der Waals surface area contributed by atoms with E-state index in [9.17, 15) is 9.90 Å². The van der Waals surface area contributed by atoms with Crippen LogP contribution in [0.2, 0.25) is 10.0 Å². The number of nitrogens with zero attached hydrogens (tertiary/aromatic N) is 3. The molecule has 6 rings (SSSR count). The monoisotopic (exact) mass is 612 g/mol. The number of carbonyl (C=O) groups is 1. The van der Waals surface area contributed by atoms with E-state index in [1.165, 1.54) is 7.11 Å². The highest BCUT2D eigenvalue weighted by Gasteiger charge is 2.23. The average molecular weight is 614 g/mol. The number of aromatic nitrogens is 2. The van der Waals surface area contributed by atoms with Gasteiger partial charge in [0.05, 0.1) is 12.6 Å². The molecule has 2 heterocycles. The van der Waals surface area contributed by atoms with Crippen molar-refractivity contribution in [3.05, 3.63) is 124 Å². The number of aromatic carboxylic acids is 1. The number of benzene rings is 4. The number of anilines is 2. The maximum Gasteiger partial charge on any atom is 0.339 e. The van der Waals surface area contributed by atoms with E-state index in [1.807, 2.05) is 36.4 Å². The highest BCUT2D eigenvalue weighted by molar-refractivity contribution is 6.30. The van der Waals surface area contributed by atoms with Crippen molar-refractivity contribution in [3.8, 4) is 5.75 Å². The summed E-state index contributed by atoms with van der Waals surface area (Å²) in [4.78, 5) is 22.9. The van der Waals surface area contributed by atoms with Crippen LogP contribution >= 0.6 is 23.2 Å². The van der Waals surface area contributed by atoms with E-state index in [1.54, 1.807) is 18.5 Å². The third-order valence-electron chi connectivity index (χ3n) is 8.02. The Kier molecular flexibility index (Phi) is 8.36. The molecule has 0 aliphatic carbocycles. The second-order valence-corrected chi connectivity index (χ2v) is 11.5. The van der Waals surface area contributed by atoms with Crippen LogP contribution in [0.1, 0.15) is 45.8 Å². The van der Waals surface area contributed by atoms with E-state index in [0.717, 1.165) is 65.0 Å². The first kappa shape index (κ1) is 28.8. The first-order chi connectivity index (χ1) is 20.9. The lowest BCUT2D eigenvalue weighted by Gasteiger charge is -2.34. The van der Waals surface area contributed by atoms with Gasteiger partial charge in [-0.25, -0.2) is 14.8 Å². The van der Waals surface area contributed by atoms with E-state index in [-0.39, 0.29) is 17.5 Å². The first-order valence-electron chi connectivity index (χ1n) is 14.1. The van der Waals surface area contributed by atoms with E-state index in [4.69, 9.17) is 27.9 Å². The van der Waals surface area contributed by atoms with Gasteiger partial charge in [-0.3, -0.25) is 0 Å². The second-order valence-electron chi connectivity index (χ2n) is 10.6. The van der Waals surface area contributed by atoms with Gasteiger partial charge in [0.2, 0.25) is 0 Å². The Balaban J connectivity index is 1.25. The fourth-order valence-corrected chi connectivity index (χ4v) is 6.04. The lowest BCUT2D eigenvalue weighted by Crippen LogP contribution is -2.39. The summed E-state index contributed by atoms with van der Waals surface area (Å²) >= 11 is 12.4. The van der Waals surface area contributed by atoms with Crippen LogP contribution in [-0.2, 0) is 0 Å². The molecule has 1 saturated heterocycles. The van der Waals surface area contributed by atoms with Crippen molar-refractivity contribution in [1.82, 2.24) is 9.97 Å². The second kappa shape index (κ2) is 12.5. The van der Waals surface area contributed by atoms with Crippen molar-refractivity contribution >= 4 is 51.6 Å². The molecule has 0 saturated carbocycles. The van der Waals surface area contributed by atoms with Crippen molar-refractivity contribution in [3.63, 3.8) is 0 Å². The molecule has 0 atom stereocenters. The standard InChI is InChI=1S/C34H30Cl2N4O3/c1-43-31-19-27(11-12-28(31)34(41)42)40-16-14-26(15-17-40)39-33-29-18-23(6-13-30(29)37-20-38-33)32(21-2-7-24(35)8-3-21)22-4-9-25(36)10-5-22/h2-13,18-20,26,32H,14-17H2,1H3,(H,41,42)(H,37,38,39). The molecule has 1 aliphatic heterocycles. The SMILES string of the molecule is COc1cc(N2CCC(Nc3ncnc4ccc(C(c5ccc(Cl)cc5)c5ccc(Cl)cc5)cc34)CC2)ccc1C(=O)O. The molecular formula is C34H30Cl2N4O3. The zero-order valence-corrected chi connectivity index (χ0v) is 25.0. The molecule has 7 nitrogen and oxygen atoms in total. The summed E-state index contributed by atoms with van der Waals surface area (Å²) in [5.41, 5.74) is 5.34. The fourth-order valence-electron chi connectivity index (χ4n) is 5.79. The molecule has 43 heavy (non-hydrogen) atoms. The summed E-state index contributed by atoms with van der Waals surface area (Å²) < 4.78 is 5.33. The van der Waals surface area contributed by atoms with Crippen molar-refractivity contribution in [1.29, 1.82) is 0 Å². The molecule has 0 radical (unpaired) electrons.